The molecule has 2 N–H and O–H groups in total. The minimum absolute atomic E-state index is 0.0144. The Hall–Kier alpha value is -0.450. The predicted octanol–water partition coefficient (Wildman–Crippen LogP) is 0.571. The number of ketones is 1. The zero-order valence-corrected chi connectivity index (χ0v) is 7.13. The van der Waals surface area contributed by atoms with Crippen LogP contribution >= 0.6 is 0 Å². The van der Waals surface area contributed by atoms with Crippen LogP contribution in [0, 0.1) is 0 Å². The molecule has 4 nitrogen and oxygen atoms in total. The molecule has 0 aliphatic rings. The second-order valence-corrected chi connectivity index (χ2v) is 2.51. The minimum Gasteiger partial charge on any atom is -0.299 e. The second-order valence-electron chi connectivity index (χ2n) is 2.51. The van der Waals surface area contributed by atoms with Gasteiger partial charge < -0.3 is 0 Å². The van der Waals surface area contributed by atoms with Gasteiger partial charge in [0.05, 0.1) is 6.54 Å². The first-order chi connectivity index (χ1) is 5.16. The van der Waals surface area contributed by atoms with E-state index in [2.05, 4.69) is 5.43 Å². The van der Waals surface area contributed by atoms with E-state index in [0.29, 0.717) is 6.54 Å². The lowest BCUT2D eigenvalue weighted by Gasteiger charge is -2.13. The number of hydroxylamine groups is 1. The molecule has 0 saturated heterocycles. The number of carbonyl (C=O) groups is 1. The first-order valence-corrected chi connectivity index (χ1v) is 3.86. The summed E-state index contributed by atoms with van der Waals surface area (Å²) in [5.41, 5.74) is 2.56. The first-order valence-electron chi connectivity index (χ1n) is 3.86. The third-order valence-corrected chi connectivity index (χ3v) is 1.23. The largest absolute Gasteiger partial charge is 0.299 e. The van der Waals surface area contributed by atoms with Crippen LogP contribution in [0.15, 0.2) is 0 Å². The van der Waals surface area contributed by atoms with Crippen LogP contribution in [0.3, 0.4) is 0 Å². The summed E-state index contributed by atoms with van der Waals surface area (Å²) < 4.78 is 0. The molecule has 11 heavy (non-hydrogen) atoms. The molecular weight excluding hydrogens is 144 g/mol. The molecule has 0 heterocycles. The molecule has 0 atom stereocenters. The molecule has 0 amide bonds. The van der Waals surface area contributed by atoms with E-state index in [1.807, 2.05) is 6.92 Å². The molecule has 0 unspecified atom stereocenters. The Balaban J connectivity index is 3.22. The topological polar surface area (TPSA) is 52.6 Å². The summed E-state index contributed by atoms with van der Waals surface area (Å²) in [6.45, 7) is 4.27. The number of Topliss-reactive ketones (excluding diaryl/α,β-unsaturated/α-hetero) is 1. The molecule has 4 heteroatoms. The molecule has 0 rings (SSSR count). The lowest BCUT2D eigenvalue weighted by Crippen LogP contribution is -2.38. The van der Waals surface area contributed by atoms with E-state index in [-0.39, 0.29) is 12.3 Å². The quantitative estimate of drug-likeness (QED) is 0.558. The zero-order chi connectivity index (χ0) is 8.69. The van der Waals surface area contributed by atoms with Gasteiger partial charge in [0, 0.05) is 6.54 Å². The molecule has 0 aromatic carbocycles. The Labute approximate surface area is 67.1 Å². The molecule has 0 saturated carbocycles. The van der Waals surface area contributed by atoms with Gasteiger partial charge in [0.2, 0.25) is 0 Å². The van der Waals surface area contributed by atoms with E-state index in [4.69, 9.17) is 5.21 Å². The molecule has 0 bridgehead atoms. The average Bonchev–Trinajstić information content (AvgIpc) is 1.97. The van der Waals surface area contributed by atoms with Crippen LogP contribution in [0.1, 0.15) is 26.7 Å². The normalized spacial score (nSPS) is 10.5. The summed E-state index contributed by atoms with van der Waals surface area (Å²) in [7, 11) is 0. The van der Waals surface area contributed by atoms with Gasteiger partial charge >= 0.3 is 0 Å². The summed E-state index contributed by atoms with van der Waals surface area (Å²) in [6, 6.07) is 0. The molecule has 0 aliphatic carbocycles. The standard InChI is InChI=1S/C7H16N2O2/c1-3-4-5-9(11)8-6-7(2)10/h8,11H,3-6H2,1-2H3. The van der Waals surface area contributed by atoms with Crippen LogP contribution in [0.25, 0.3) is 0 Å². The molecule has 0 aromatic rings. The van der Waals surface area contributed by atoms with Crippen molar-refractivity contribution in [2.45, 2.75) is 26.7 Å². The third kappa shape index (κ3) is 7.45. The van der Waals surface area contributed by atoms with Gasteiger partial charge in [-0.05, 0) is 13.3 Å². The van der Waals surface area contributed by atoms with Crippen LogP contribution in [0.4, 0.5) is 0 Å². The Morgan fingerprint density at radius 2 is 2.27 bits per heavy atom. The number of unbranched alkanes of at least 4 members (excludes halogenated alkanes) is 1. The second kappa shape index (κ2) is 6.27. The first kappa shape index (κ1) is 10.6. The average molecular weight is 160 g/mol. The third-order valence-electron chi connectivity index (χ3n) is 1.23. The predicted molar refractivity (Wildman–Crippen MR) is 42.1 cm³/mol. The number of carbonyl (C=O) groups excluding carboxylic acids is 1. The lowest BCUT2D eigenvalue weighted by atomic mass is 10.3. The maximum absolute atomic E-state index is 10.4. The zero-order valence-electron chi connectivity index (χ0n) is 7.13. The van der Waals surface area contributed by atoms with Crippen molar-refractivity contribution >= 4 is 5.78 Å². The fourth-order valence-corrected chi connectivity index (χ4v) is 0.590. The Kier molecular flexibility index (Phi) is 6.02. The molecule has 0 radical (unpaired) electrons. The van der Waals surface area contributed by atoms with E-state index in [9.17, 15) is 4.79 Å². The lowest BCUT2D eigenvalue weighted by molar-refractivity contribution is -0.144. The van der Waals surface area contributed by atoms with E-state index >= 15 is 0 Å². The Morgan fingerprint density at radius 1 is 1.64 bits per heavy atom. The summed E-state index contributed by atoms with van der Waals surface area (Å²) in [5, 5.41) is 9.96. The maximum Gasteiger partial charge on any atom is 0.145 e. The molecule has 0 aromatic heterocycles. The minimum atomic E-state index is 0.0144. The van der Waals surface area contributed by atoms with Crippen molar-refractivity contribution in [1.82, 2.24) is 10.6 Å². The van der Waals surface area contributed by atoms with Crippen LogP contribution in [-0.4, -0.2) is 29.3 Å². The molecule has 66 valence electrons. The summed E-state index contributed by atoms with van der Waals surface area (Å²) >= 11 is 0. The fourth-order valence-electron chi connectivity index (χ4n) is 0.590. The van der Waals surface area contributed by atoms with Gasteiger partial charge in [-0.2, -0.15) is 0 Å². The van der Waals surface area contributed by atoms with Crippen LogP contribution < -0.4 is 5.43 Å². The van der Waals surface area contributed by atoms with Gasteiger partial charge in [0.25, 0.3) is 0 Å². The van der Waals surface area contributed by atoms with E-state index in [1.165, 1.54) is 6.92 Å². The van der Waals surface area contributed by atoms with Crippen molar-refractivity contribution in [3.63, 3.8) is 0 Å². The number of hydrogen-bond acceptors (Lipinski definition) is 4. The van der Waals surface area contributed by atoms with Crippen LogP contribution in [0.5, 0.6) is 0 Å². The summed E-state index contributed by atoms with van der Waals surface area (Å²) in [4.78, 5) is 10.4. The van der Waals surface area contributed by atoms with Crippen molar-refractivity contribution in [2.24, 2.45) is 0 Å². The molecular formula is C7H16N2O2. The smallest absolute Gasteiger partial charge is 0.145 e. The monoisotopic (exact) mass is 160 g/mol. The van der Waals surface area contributed by atoms with Crippen molar-refractivity contribution in [2.75, 3.05) is 13.1 Å². The van der Waals surface area contributed by atoms with Gasteiger partial charge in [-0.1, -0.05) is 13.3 Å². The van der Waals surface area contributed by atoms with Gasteiger partial charge in [0.15, 0.2) is 0 Å². The number of rotatable bonds is 6. The highest BCUT2D eigenvalue weighted by atomic mass is 16.5. The number of nitrogens with one attached hydrogen (secondary N) is 1. The highest BCUT2D eigenvalue weighted by Crippen LogP contribution is 1.87. The van der Waals surface area contributed by atoms with E-state index in [1.54, 1.807) is 0 Å². The van der Waals surface area contributed by atoms with Crippen molar-refractivity contribution in [1.29, 1.82) is 0 Å². The van der Waals surface area contributed by atoms with Crippen LogP contribution in [0.2, 0.25) is 0 Å². The van der Waals surface area contributed by atoms with Crippen molar-refractivity contribution in [3.8, 4) is 0 Å². The summed E-state index contributed by atoms with van der Waals surface area (Å²) in [6.07, 6.45) is 1.94. The summed E-state index contributed by atoms with van der Waals surface area (Å²) in [5.74, 6) is 0.0144. The fraction of sp³-hybridized carbons (Fsp3) is 0.857. The van der Waals surface area contributed by atoms with Crippen LogP contribution in [-0.2, 0) is 4.79 Å². The highest BCUT2D eigenvalue weighted by molar-refractivity contribution is 5.77. The molecule has 0 aliphatic heterocycles. The van der Waals surface area contributed by atoms with Gasteiger partial charge in [-0.15, -0.1) is 5.17 Å². The van der Waals surface area contributed by atoms with Crippen molar-refractivity contribution < 1.29 is 10.0 Å². The number of hydrogen-bond donors (Lipinski definition) is 2. The number of nitrogens with zero attached hydrogens (tertiary/aromatic N) is 1. The van der Waals surface area contributed by atoms with Gasteiger partial charge in [0.1, 0.15) is 5.78 Å². The van der Waals surface area contributed by atoms with Gasteiger partial charge in [-0.3, -0.25) is 10.0 Å². The van der Waals surface area contributed by atoms with E-state index < -0.39 is 0 Å². The van der Waals surface area contributed by atoms with Crippen molar-refractivity contribution in [3.05, 3.63) is 0 Å². The molecule has 0 fully saturated rings. The Morgan fingerprint density at radius 3 is 2.73 bits per heavy atom. The Bertz CT molecular complexity index is 117. The SMILES string of the molecule is CCCCN(O)NCC(C)=O. The highest BCUT2D eigenvalue weighted by Gasteiger charge is 1.98. The van der Waals surface area contributed by atoms with E-state index in [0.717, 1.165) is 18.0 Å². The maximum atomic E-state index is 10.4. The molecule has 0 spiro atoms. The number of hydrazine groups is 1. The van der Waals surface area contributed by atoms with Gasteiger partial charge in [-0.25, -0.2) is 5.43 Å².